The Balaban J connectivity index is 2.20. The summed E-state index contributed by atoms with van der Waals surface area (Å²) in [5, 5.41) is 11.4. The molecule has 2 aromatic rings. The van der Waals surface area contributed by atoms with E-state index in [-0.39, 0.29) is 11.6 Å². The standard InChI is InChI=1S/C15H13N3O3/c1-20-11-4-6-12(14(7-11)21-2)18-15(19)13-5-3-10(8-16)9-17-13/h3-7,9H,1-2H3,(H,18,19). The lowest BCUT2D eigenvalue weighted by atomic mass is 10.2. The molecule has 0 saturated heterocycles. The van der Waals surface area contributed by atoms with Gasteiger partial charge in [-0.1, -0.05) is 0 Å². The van der Waals surface area contributed by atoms with Gasteiger partial charge < -0.3 is 14.8 Å². The number of amides is 1. The maximum atomic E-state index is 12.1. The molecule has 1 N–H and O–H groups in total. The summed E-state index contributed by atoms with van der Waals surface area (Å²) in [7, 11) is 3.05. The third-order valence-corrected chi connectivity index (χ3v) is 2.78. The zero-order valence-corrected chi connectivity index (χ0v) is 11.6. The molecular formula is C15H13N3O3. The van der Waals surface area contributed by atoms with E-state index in [1.165, 1.54) is 25.4 Å². The highest BCUT2D eigenvalue weighted by Gasteiger charge is 2.11. The van der Waals surface area contributed by atoms with Gasteiger partial charge in [0.25, 0.3) is 5.91 Å². The number of carbonyl (C=O) groups excluding carboxylic acids is 1. The summed E-state index contributed by atoms with van der Waals surface area (Å²) in [4.78, 5) is 16.0. The first-order chi connectivity index (χ1) is 10.2. The van der Waals surface area contributed by atoms with E-state index in [0.29, 0.717) is 22.7 Å². The number of rotatable bonds is 4. The normalized spacial score (nSPS) is 9.57. The van der Waals surface area contributed by atoms with Gasteiger partial charge in [-0.05, 0) is 24.3 Å². The average molecular weight is 283 g/mol. The van der Waals surface area contributed by atoms with Crippen LogP contribution in [0, 0.1) is 11.3 Å². The first kappa shape index (κ1) is 14.3. The van der Waals surface area contributed by atoms with E-state index in [1.54, 1.807) is 25.3 Å². The number of pyridine rings is 1. The quantitative estimate of drug-likeness (QED) is 0.930. The number of nitriles is 1. The highest BCUT2D eigenvalue weighted by atomic mass is 16.5. The number of nitrogens with one attached hydrogen (secondary N) is 1. The number of hydrogen-bond donors (Lipinski definition) is 1. The predicted octanol–water partition coefficient (Wildman–Crippen LogP) is 2.22. The summed E-state index contributed by atoms with van der Waals surface area (Å²) in [6.07, 6.45) is 1.35. The molecule has 106 valence electrons. The van der Waals surface area contributed by atoms with Crippen LogP contribution >= 0.6 is 0 Å². The molecule has 2 rings (SSSR count). The molecule has 0 saturated carbocycles. The predicted molar refractivity (Wildman–Crippen MR) is 76.5 cm³/mol. The van der Waals surface area contributed by atoms with Crippen LogP contribution in [0.15, 0.2) is 36.5 Å². The molecule has 0 atom stereocenters. The third-order valence-electron chi connectivity index (χ3n) is 2.78. The molecule has 0 aliphatic carbocycles. The number of nitrogens with zero attached hydrogens (tertiary/aromatic N) is 2. The minimum atomic E-state index is -0.386. The van der Waals surface area contributed by atoms with Crippen LogP contribution < -0.4 is 14.8 Å². The Kier molecular flexibility index (Phi) is 4.36. The number of carbonyl (C=O) groups is 1. The van der Waals surface area contributed by atoms with Crippen LogP contribution in [0.5, 0.6) is 11.5 Å². The first-order valence-corrected chi connectivity index (χ1v) is 6.07. The van der Waals surface area contributed by atoms with Crippen molar-refractivity contribution in [1.82, 2.24) is 4.98 Å². The van der Waals surface area contributed by atoms with Crippen LogP contribution in [-0.4, -0.2) is 25.1 Å². The average Bonchev–Trinajstić information content (AvgIpc) is 2.55. The number of ether oxygens (including phenoxy) is 2. The van der Waals surface area contributed by atoms with Crippen molar-refractivity contribution < 1.29 is 14.3 Å². The lowest BCUT2D eigenvalue weighted by Gasteiger charge is -2.11. The number of hydrogen-bond acceptors (Lipinski definition) is 5. The molecule has 1 heterocycles. The molecular weight excluding hydrogens is 270 g/mol. The summed E-state index contributed by atoms with van der Waals surface area (Å²) >= 11 is 0. The fourth-order valence-electron chi connectivity index (χ4n) is 1.68. The molecule has 0 radical (unpaired) electrons. The lowest BCUT2D eigenvalue weighted by Crippen LogP contribution is -2.14. The van der Waals surface area contributed by atoms with Crippen LogP contribution in [0.1, 0.15) is 16.1 Å². The molecule has 6 nitrogen and oxygen atoms in total. The van der Waals surface area contributed by atoms with E-state index < -0.39 is 0 Å². The first-order valence-electron chi connectivity index (χ1n) is 6.07. The Morgan fingerprint density at radius 1 is 1.24 bits per heavy atom. The number of anilines is 1. The van der Waals surface area contributed by atoms with Crippen molar-refractivity contribution in [3.63, 3.8) is 0 Å². The third kappa shape index (κ3) is 3.28. The van der Waals surface area contributed by atoms with Gasteiger partial charge in [0.1, 0.15) is 23.3 Å². The minimum Gasteiger partial charge on any atom is -0.497 e. The minimum absolute atomic E-state index is 0.215. The summed E-state index contributed by atoms with van der Waals surface area (Å²) in [5.74, 6) is 0.723. The van der Waals surface area contributed by atoms with Gasteiger partial charge in [-0.25, -0.2) is 4.98 Å². The molecule has 0 bridgehead atoms. The van der Waals surface area contributed by atoms with E-state index >= 15 is 0 Å². The number of aromatic nitrogens is 1. The van der Waals surface area contributed by atoms with Crippen LogP contribution in [0.25, 0.3) is 0 Å². The Bertz CT molecular complexity index is 690. The Hall–Kier alpha value is -3.07. The molecule has 0 fully saturated rings. The van der Waals surface area contributed by atoms with E-state index in [9.17, 15) is 4.79 Å². The summed E-state index contributed by atoms with van der Waals surface area (Å²) in [5.41, 5.74) is 1.12. The topological polar surface area (TPSA) is 84.2 Å². The van der Waals surface area contributed by atoms with Crippen molar-refractivity contribution in [2.24, 2.45) is 0 Å². The number of benzene rings is 1. The van der Waals surface area contributed by atoms with Gasteiger partial charge >= 0.3 is 0 Å². The smallest absolute Gasteiger partial charge is 0.274 e. The Morgan fingerprint density at radius 2 is 2.05 bits per heavy atom. The van der Waals surface area contributed by atoms with Crippen molar-refractivity contribution in [2.75, 3.05) is 19.5 Å². The van der Waals surface area contributed by atoms with Crippen molar-refractivity contribution in [1.29, 1.82) is 5.26 Å². The molecule has 6 heteroatoms. The molecule has 1 amide bonds. The van der Waals surface area contributed by atoms with Crippen LogP contribution in [0.4, 0.5) is 5.69 Å². The van der Waals surface area contributed by atoms with E-state index in [0.717, 1.165) is 0 Å². The van der Waals surface area contributed by atoms with Gasteiger partial charge in [-0.2, -0.15) is 5.26 Å². The van der Waals surface area contributed by atoms with E-state index in [1.807, 2.05) is 6.07 Å². The maximum absolute atomic E-state index is 12.1. The summed E-state index contributed by atoms with van der Waals surface area (Å²) in [6.45, 7) is 0. The molecule has 0 unspecified atom stereocenters. The summed E-state index contributed by atoms with van der Waals surface area (Å²) < 4.78 is 10.3. The lowest BCUT2D eigenvalue weighted by molar-refractivity contribution is 0.102. The van der Waals surface area contributed by atoms with Crippen molar-refractivity contribution in [3.8, 4) is 17.6 Å². The highest BCUT2D eigenvalue weighted by Crippen LogP contribution is 2.29. The fourth-order valence-corrected chi connectivity index (χ4v) is 1.68. The molecule has 1 aromatic heterocycles. The highest BCUT2D eigenvalue weighted by molar-refractivity contribution is 6.03. The van der Waals surface area contributed by atoms with Crippen LogP contribution in [0.3, 0.4) is 0 Å². The Labute approximate surface area is 121 Å². The van der Waals surface area contributed by atoms with Crippen molar-refractivity contribution in [3.05, 3.63) is 47.8 Å². The zero-order chi connectivity index (χ0) is 15.2. The van der Waals surface area contributed by atoms with Crippen molar-refractivity contribution >= 4 is 11.6 Å². The molecule has 0 spiro atoms. The zero-order valence-electron chi connectivity index (χ0n) is 11.6. The molecule has 1 aromatic carbocycles. The second-order valence-electron chi connectivity index (χ2n) is 4.06. The molecule has 0 aliphatic heterocycles. The van der Waals surface area contributed by atoms with Crippen LogP contribution in [0.2, 0.25) is 0 Å². The largest absolute Gasteiger partial charge is 0.497 e. The van der Waals surface area contributed by atoms with Gasteiger partial charge in [0.2, 0.25) is 0 Å². The van der Waals surface area contributed by atoms with E-state index in [4.69, 9.17) is 14.7 Å². The number of methoxy groups -OCH3 is 2. The maximum Gasteiger partial charge on any atom is 0.274 e. The fraction of sp³-hybridized carbons (Fsp3) is 0.133. The van der Waals surface area contributed by atoms with Gasteiger partial charge in [-0.3, -0.25) is 4.79 Å². The van der Waals surface area contributed by atoms with Gasteiger partial charge in [0, 0.05) is 12.3 Å². The van der Waals surface area contributed by atoms with E-state index in [2.05, 4.69) is 10.3 Å². The monoisotopic (exact) mass is 283 g/mol. The van der Waals surface area contributed by atoms with Crippen molar-refractivity contribution in [2.45, 2.75) is 0 Å². The molecule has 21 heavy (non-hydrogen) atoms. The van der Waals surface area contributed by atoms with Gasteiger partial charge in [0.05, 0.1) is 25.5 Å². The molecule has 0 aliphatic rings. The second kappa shape index (κ2) is 6.39. The van der Waals surface area contributed by atoms with Gasteiger partial charge in [0.15, 0.2) is 0 Å². The second-order valence-corrected chi connectivity index (χ2v) is 4.06. The van der Waals surface area contributed by atoms with Gasteiger partial charge in [-0.15, -0.1) is 0 Å². The SMILES string of the molecule is COc1ccc(NC(=O)c2ccc(C#N)cn2)c(OC)c1. The Morgan fingerprint density at radius 3 is 2.62 bits per heavy atom. The summed E-state index contributed by atoms with van der Waals surface area (Å²) in [6, 6.07) is 10.0. The van der Waals surface area contributed by atoms with Crippen LogP contribution in [-0.2, 0) is 0 Å².